The molecule has 1 rings (SSSR count). The molecular formula is C8H16N+. The van der Waals surface area contributed by atoms with Crippen molar-refractivity contribution in [3.8, 4) is 0 Å². The highest BCUT2D eigenvalue weighted by atomic mass is 15.0. The molecule has 1 nitrogen and oxygen atoms in total. The van der Waals surface area contributed by atoms with Crippen LogP contribution in [-0.2, 0) is 0 Å². The highest BCUT2D eigenvalue weighted by molar-refractivity contribution is 5.51. The molecule has 0 aromatic carbocycles. The third kappa shape index (κ3) is 2.17. The quantitative estimate of drug-likeness (QED) is 0.495. The standard InChI is InChI=1S/C8H16N/c1-2-6-9-7-4-3-5-8-9/h7H,2-6,8H2,1H3/q+1. The molecule has 0 bridgehead atoms. The van der Waals surface area contributed by atoms with E-state index in [0.717, 1.165) is 0 Å². The van der Waals surface area contributed by atoms with Gasteiger partial charge in [-0.2, -0.15) is 0 Å². The van der Waals surface area contributed by atoms with Crippen LogP contribution in [0.4, 0.5) is 0 Å². The number of hydrogen-bond donors (Lipinski definition) is 0. The average molecular weight is 126 g/mol. The monoisotopic (exact) mass is 126 g/mol. The van der Waals surface area contributed by atoms with E-state index in [-0.39, 0.29) is 0 Å². The van der Waals surface area contributed by atoms with Crippen molar-refractivity contribution in [2.75, 3.05) is 13.1 Å². The van der Waals surface area contributed by atoms with E-state index in [2.05, 4.69) is 17.7 Å². The smallest absolute Gasteiger partial charge is 0.142 e. The highest BCUT2D eigenvalue weighted by Gasteiger charge is 2.06. The van der Waals surface area contributed by atoms with E-state index < -0.39 is 0 Å². The Morgan fingerprint density at radius 3 is 2.89 bits per heavy atom. The fourth-order valence-corrected chi connectivity index (χ4v) is 1.31. The van der Waals surface area contributed by atoms with E-state index in [4.69, 9.17) is 0 Å². The molecule has 9 heavy (non-hydrogen) atoms. The van der Waals surface area contributed by atoms with Crippen molar-refractivity contribution in [1.82, 2.24) is 0 Å². The molecular weight excluding hydrogens is 110 g/mol. The summed E-state index contributed by atoms with van der Waals surface area (Å²) in [5, 5.41) is 0. The lowest BCUT2D eigenvalue weighted by Crippen LogP contribution is -2.19. The van der Waals surface area contributed by atoms with Gasteiger partial charge < -0.3 is 0 Å². The van der Waals surface area contributed by atoms with Crippen molar-refractivity contribution in [2.24, 2.45) is 0 Å². The largest absolute Gasteiger partial charge is 0.240 e. The van der Waals surface area contributed by atoms with Gasteiger partial charge in [-0.25, -0.2) is 4.58 Å². The lowest BCUT2D eigenvalue weighted by atomic mass is 10.2. The van der Waals surface area contributed by atoms with Crippen molar-refractivity contribution in [1.29, 1.82) is 0 Å². The summed E-state index contributed by atoms with van der Waals surface area (Å²) in [4.78, 5) is 0. The van der Waals surface area contributed by atoms with Crippen molar-refractivity contribution in [3.63, 3.8) is 0 Å². The number of hydrogen-bond acceptors (Lipinski definition) is 0. The zero-order chi connectivity index (χ0) is 6.53. The molecule has 0 amide bonds. The van der Waals surface area contributed by atoms with Gasteiger partial charge in [-0.05, 0) is 6.42 Å². The SMILES string of the molecule is CCC[N+]1=CCCCC1. The molecule has 0 unspecified atom stereocenters. The van der Waals surface area contributed by atoms with Gasteiger partial charge in [-0.1, -0.05) is 6.92 Å². The second-order valence-corrected chi connectivity index (χ2v) is 2.71. The van der Waals surface area contributed by atoms with Crippen LogP contribution in [0.2, 0.25) is 0 Å². The predicted octanol–water partition coefficient (Wildman–Crippen LogP) is 1.66. The first-order valence-corrected chi connectivity index (χ1v) is 4.01. The van der Waals surface area contributed by atoms with E-state index in [1.165, 1.54) is 38.8 Å². The van der Waals surface area contributed by atoms with Crippen LogP contribution in [0.15, 0.2) is 0 Å². The van der Waals surface area contributed by atoms with E-state index in [0.29, 0.717) is 0 Å². The molecule has 0 atom stereocenters. The van der Waals surface area contributed by atoms with Gasteiger partial charge in [0, 0.05) is 19.3 Å². The Morgan fingerprint density at radius 2 is 2.33 bits per heavy atom. The van der Waals surface area contributed by atoms with Gasteiger partial charge in [-0.15, -0.1) is 0 Å². The Hall–Kier alpha value is -0.330. The summed E-state index contributed by atoms with van der Waals surface area (Å²) in [5.41, 5.74) is 0. The molecule has 0 N–H and O–H groups in total. The van der Waals surface area contributed by atoms with E-state index in [9.17, 15) is 0 Å². The molecule has 0 saturated heterocycles. The molecule has 52 valence electrons. The minimum atomic E-state index is 1.26. The molecule has 1 heterocycles. The Balaban J connectivity index is 2.28. The minimum absolute atomic E-state index is 1.26. The first-order valence-electron chi connectivity index (χ1n) is 4.01. The van der Waals surface area contributed by atoms with Crippen molar-refractivity contribution < 1.29 is 4.58 Å². The van der Waals surface area contributed by atoms with Crippen LogP contribution >= 0.6 is 0 Å². The summed E-state index contributed by atoms with van der Waals surface area (Å²) in [6.45, 7) is 4.80. The zero-order valence-corrected chi connectivity index (χ0v) is 6.27. The van der Waals surface area contributed by atoms with Gasteiger partial charge in [0.2, 0.25) is 0 Å². The van der Waals surface area contributed by atoms with Crippen molar-refractivity contribution in [2.45, 2.75) is 32.6 Å². The fourth-order valence-electron chi connectivity index (χ4n) is 1.31. The molecule has 0 spiro atoms. The average Bonchev–Trinajstić information content (AvgIpc) is 1.91. The number of nitrogens with zero attached hydrogens (tertiary/aromatic N) is 1. The summed E-state index contributed by atoms with van der Waals surface area (Å²) < 4.78 is 2.45. The summed E-state index contributed by atoms with van der Waals surface area (Å²) in [6, 6.07) is 0. The molecule has 0 radical (unpaired) electrons. The second-order valence-electron chi connectivity index (χ2n) is 2.71. The summed E-state index contributed by atoms with van der Waals surface area (Å²) in [5.74, 6) is 0. The first kappa shape index (κ1) is 6.79. The van der Waals surface area contributed by atoms with Crippen LogP contribution in [0.1, 0.15) is 32.6 Å². The molecule has 0 aliphatic carbocycles. The summed E-state index contributed by atoms with van der Waals surface area (Å²) >= 11 is 0. The van der Waals surface area contributed by atoms with Crippen LogP contribution in [0.5, 0.6) is 0 Å². The maximum atomic E-state index is 2.45. The third-order valence-corrected chi connectivity index (χ3v) is 1.80. The van der Waals surface area contributed by atoms with Crippen LogP contribution in [-0.4, -0.2) is 23.9 Å². The topological polar surface area (TPSA) is 3.01 Å². The fraction of sp³-hybridized carbons (Fsp3) is 0.875. The number of rotatable bonds is 2. The molecule has 0 aromatic rings. The van der Waals surface area contributed by atoms with Crippen LogP contribution in [0.3, 0.4) is 0 Å². The molecule has 0 aromatic heterocycles. The molecule has 1 heteroatoms. The van der Waals surface area contributed by atoms with E-state index >= 15 is 0 Å². The Labute approximate surface area is 57.4 Å². The first-order chi connectivity index (χ1) is 4.43. The van der Waals surface area contributed by atoms with Gasteiger partial charge in [0.1, 0.15) is 19.3 Å². The van der Waals surface area contributed by atoms with Gasteiger partial charge in [-0.3, -0.25) is 0 Å². The van der Waals surface area contributed by atoms with Crippen LogP contribution in [0.25, 0.3) is 0 Å². The third-order valence-electron chi connectivity index (χ3n) is 1.80. The Kier molecular flexibility index (Phi) is 2.75. The van der Waals surface area contributed by atoms with Crippen molar-refractivity contribution in [3.05, 3.63) is 0 Å². The Bertz CT molecular complexity index is 105. The maximum Gasteiger partial charge on any atom is 0.142 e. The van der Waals surface area contributed by atoms with Gasteiger partial charge in [0.15, 0.2) is 0 Å². The summed E-state index contributed by atoms with van der Waals surface area (Å²) in [7, 11) is 0. The van der Waals surface area contributed by atoms with E-state index in [1.54, 1.807) is 0 Å². The second kappa shape index (κ2) is 3.65. The Morgan fingerprint density at radius 1 is 1.44 bits per heavy atom. The van der Waals surface area contributed by atoms with Gasteiger partial charge in [0.05, 0.1) is 0 Å². The van der Waals surface area contributed by atoms with Crippen LogP contribution < -0.4 is 0 Å². The van der Waals surface area contributed by atoms with Crippen molar-refractivity contribution >= 4 is 6.21 Å². The minimum Gasteiger partial charge on any atom is -0.240 e. The lowest BCUT2D eigenvalue weighted by molar-refractivity contribution is -0.528. The van der Waals surface area contributed by atoms with E-state index in [1.807, 2.05) is 0 Å². The highest BCUT2D eigenvalue weighted by Crippen LogP contribution is 1.99. The van der Waals surface area contributed by atoms with Gasteiger partial charge in [0.25, 0.3) is 0 Å². The zero-order valence-electron chi connectivity index (χ0n) is 6.27. The normalized spacial score (nSPS) is 19.4. The molecule has 1 aliphatic heterocycles. The molecule has 0 saturated carbocycles. The predicted molar refractivity (Wildman–Crippen MR) is 40.2 cm³/mol. The molecule has 0 fully saturated rings. The summed E-state index contributed by atoms with van der Waals surface area (Å²) in [6.07, 6.45) is 7.75. The lowest BCUT2D eigenvalue weighted by Gasteiger charge is -2.05. The van der Waals surface area contributed by atoms with Crippen LogP contribution in [0, 0.1) is 0 Å². The molecule has 1 aliphatic rings. The van der Waals surface area contributed by atoms with Gasteiger partial charge >= 0.3 is 0 Å². The maximum absolute atomic E-state index is 2.45.